The number of carbonyl (C=O) groups excluding carboxylic acids is 2. The molecule has 8 heteroatoms. The van der Waals surface area contributed by atoms with Crippen molar-refractivity contribution in [3.05, 3.63) is 69.1 Å². The Morgan fingerprint density at radius 2 is 1.89 bits per heavy atom. The zero-order valence-corrected chi connectivity index (χ0v) is 16.5. The van der Waals surface area contributed by atoms with Gasteiger partial charge in [0.15, 0.2) is 5.75 Å². The molecule has 3 amide bonds. The average Bonchev–Trinajstić information content (AvgIpc) is 2.89. The van der Waals surface area contributed by atoms with E-state index in [2.05, 4.69) is 5.32 Å². The molecular formula is C20H17Cl2FN2O3. The lowest BCUT2D eigenvalue weighted by molar-refractivity contribution is -0.122. The summed E-state index contributed by atoms with van der Waals surface area (Å²) in [5.74, 6) is -0.504. The van der Waals surface area contributed by atoms with Gasteiger partial charge in [-0.15, -0.1) is 0 Å². The van der Waals surface area contributed by atoms with E-state index in [0.717, 1.165) is 4.90 Å². The fraction of sp³-hybridized carbons (Fsp3) is 0.200. The number of imide groups is 1. The number of nitrogens with one attached hydrogen (secondary N) is 1. The molecule has 0 spiro atoms. The smallest absolute Gasteiger partial charge is 0.329 e. The highest BCUT2D eigenvalue weighted by Gasteiger charge is 2.32. The highest BCUT2D eigenvalue weighted by molar-refractivity contribution is 6.37. The molecule has 0 bridgehead atoms. The summed E-state index contributed by atoms with van der Waals surface area (Å²) in [5, 5.41) is 3.01. The summed E-state index contributed by atoms with van der Waals surface area (Å²) in [7, 11) is 0. The molecule has 0 aliphatic carbocycles. The van der Waals surface area contributed by atoms with Gasteiger partial charge in [-0.25, -0.2) is 9.18 Å². The zero-order chi connectivity index (χ0) is 20.3. The van der Waals surface area contributed by atoms with Crippen molar-refractivity contribution in [3.8, 4) is 5.75 Å². The van der Waals surface area contributed by atoms with Crippen LogP contribution in [0.3, 0.4) is 0 Å². The molecule has 0 radical (unpaired) electrons. The van der Waals surface area contributed by atoms with E-state index in [4.69, 9.17) is 27.9 Å². The van der Waals surface area contributed by atoms with E-state index < -0.39 is 11.9 Å². The predicted molar refractivity (Wildman–Crippen MR) is 106 cm³/mol. The molecule has 2 aromatic carbocycles. The molecule has 2 aromatic rings. The number of rotatable bonds is 6. The number of ether oxygens (including phenoxy) is 1. The molecule has 1 saturated heterocycles. The van der Waals surface area contributed by atoms with E-state index in [1.165, 1.54) is 18.2 Å². The number of hydrogen-bond donors (Lipinski definition) is 1. The molecular weight excluding hydrogens is 406 g/mol. The number of amides is 3. The average molecular weight is 423 g/mol. The van der Waals surface area contributed by atoms with Crippen molar-refractivity contribution in [2.75, 3.05) is 6.54 Å². The quantitative estimate of drug-likeness (QED) is 0.525. The molecule has 0 aromatic heterocycles. The summed E-state index contributed by atoms with van der Waals surface area (Å²) in [6.07, 6.45) is 2.17. The van der Waals surface area contributed by atoms with Crippen molar-refractivity contribution in [2.24, 2.45) is 0 Å². The van der Waals surface area contributed by atoms with E-state index in [0.29, 0.717) is 24.1 Å². The summed E-state index contributed by atoms with van der Waals surface area (Å²) in [5.41, 5.74) is 1.32. The summed E-state index contributed by atoms with van der Waals surface area (Å²) >= 11 is 12.5. The molecule has 0 atom stereocenters. The van der Waals surface area contributed by atoms with Gasteiger partial charge in [-0.3, -0.25) is 9.69 Å². The fourth-order valence-corrected chi connectivity index (χ4v) is 3.36. The molecule has 5 nitrogen and oxygen atoms in total. The monoisotopic (exact) mass is 422 g/mol. The van der Waals surface area contributed by atoms with Crippen molar-refractivity contribution in [2.45, 2.75) is 20.0 Å². The van der Waals surface area contributed by atoms with Gasteiger partial charge in [-0.1, -0.05) is 42.3 Å². The number of halogens is 3. The highest BCUT2D eigenvalue weighted by atomic mass is 35.5. The maximum Gasteiger partial charge on any atom is 0.329 e. The first-order valence-electron chi connectivity index (χ1n) is 8.60. The predicted octanol–water partition coefficient (Wildman–Crippen LogP) is 5.01. The molecule has 1 N–H and O–H groups in total. The van der Waals surface area contributed by atoms with Crippen LogP contribution in [0, 0.1) is 5.82 Å². The van der Waals surface area contributed by atoms with Crippen LogP contribution in [-0.4, -0.2) is 23.4 Å². The normalized spacial score (nSPS) is 15.3. The summed E-state index contributed by atoms with van der Waals surface area (Å²) < 4.78 is 18.9. The van der Waals surface area contributed by atoms with Crippen LogP contribution >= 0.6 is 23.2 Å². The zero-order valence-electron chi connectivity index (χ0n) is 15.0. The van der Waals surface area contributed by atoms with Crippen LogP contribution in [0.5, 0.6) is 5.75 Å². The molecule has 28 heavy (non-hydrogen) atoms. The van der Waals surface area contributed by atoms with Gasteiger partial charge in [0.25, 0.3) is 5.91 Å². The Bertz CT molecular complexity index is 939. The van der Waals surface area contributed by atoms with Crippen LogP contribution in [-0.2, 0) is 11.4 Å². The van der Waals surface area contributed by atoms with Gasteiger partial charge in [0, 0.05) is 6.54 Å². The molecule has 1 heterocycles. The first-order valence-corrected chi connectivity index (χ1v) is 9.35. The maximum atomic E-state index is 13.3. The first-order chi connectivity index (χ1) is 13.4. The number of nitrogens with zero attached hydrogens (tertiary/aromatic N) is 1. The number of urea groups is 1. The second kappa shape index (κ2) is 8.63. The first kappa shape index (κ1) is 20.2. The maximum absolute atomic E-state index is 13.3. The third-order valence-corrected chi connectivity index (χ3v) is 4.57. The van der Waals surface area contributed by atoms with Crippen LogP contribution in [0.4, 0.5) is 9.18 Å². The lowest BCUT2D eigenvalue weighted by atomic mass is 10.1. The van der Waals surface area contributed by atoms with E-state index >= 15 is 0 Å². The Hall–Kier alpha value is -2.57. The van der Waals surface area contributed by atoms with Gasteiger partial charge in [-0.2, -0.15) is 0 Å². The van der Waals surface area contributed by atoms with Crippen molar-refractivity contribution >= 4 is 41.2 Å². The van der Waals surface area contributed by atoms with Gasteiger partial charge < -0.3 is 10.1 Å². The topological polar surface area (TPSA) is 58.6 Å². The molecule has 1 fully saturated rings. The van der Waals surface area contributed by atoms with Crippen LogP contribution in [0.15, 0.2) is 42.1 Å². The van der Waals surface area contributed by atoms with Gasteiger partial charge in [-0.05, 0) is 47.9 Å². The minimum Gasteiger partial charge on any atom is -0.486 e. The second-order valence-corrected chi connectivity index (χ2v) is 6.99. The van der Waals surface area contributed by atoms with Crippen LogP contribution in [0.2, 0.25) is 10.0 Å². The largest absolute Gasteiger partial charge is 0.486 e. The Kier molecular flexibility index (Phi) is 6.21. The molecule has 146 valence electrons. The van der Waals surface area contributed by atoms with Crippen molar-refractivity contribution in [3.63, 3.8) is 0 Å². The van der Waals surface area contributed by atoms with Crippen LogP contribution in [0.1, 0.15) is 24.5 Å². The number of hydrogen-bond acceptors (Lipinski definition) is 3. The molecule has 1 aliphatic heterocycles. The van der Waals surface area contributed by atoms with Gasteiger partial charge >= 0.3 is 6.03 Å². The lowest BCUT2D eigenvalue weighted by Crippen LogP contribution is -2.31. The molecule has 0 saturated carbocycles. The van der Waals surface area contributed by atoms with E-state index in [-0.39, 0.29) is 33.9 Å². The number of benzene rings is 2. The van der Waals surface area contributed by atoms with Crippen molar-refractivity contribution in [1.29, 1.82) is 0 Å². The number of carbonyl (C=O) groups is 2. The van der Waals surface area contributed by atoms with Crippen LogP contribution < -0.4 is 10.1 Å². The standard InChI is InChI=1S/C20H17Cl2FN2O3/c1-2-6-25-19(26)17(24-20(25)27)10-13-8-15(21)18(16(22)9-13)28-11-12-4-3-5-14(23)7-12/h3-5,7-10H,2,6,11H2,1H3,(H,24,27)/b17-10+. The Morgan fingerprint density at radius 3 is 2.54 bits per heavy atom. The third kappa shape index (κ3) is 4.46. The van der Waals surface area contributed by atoms with Gasteiger partial charge in [0.2, 0.25) is 0 Å². The molecule has 0 unspecified atom stereocenters. The second-order valence-electron chi connectivity index (χ2n) is 6.18. The SMILES string of the molecule is CCCN1C(=O)N/C(=C/c2cc(Cl)c(OCc3cccc(F)c3)c(Cl)c2)C1=O. The van der Waals surface area contributed by atoms with Crippen LogP contribution in [0.25, 0.3) is 6.08 Å². The Labute approximate surface area is 171 Å². The van der Waals surface area contributed by atoms with Crippen molar-refractivity contribution in [1.82, 2.24) is 10.2 Å². The van der Waals surface area contributed by atoms with Gasteiger partial charge in [0.05, 0.1) is 10.0 Å². The highest BCUT2D eigenvalue weighted by Crippen LogP contribution is 2.35. The minimum atomic E-state index is -0.453. The molecule has 1 aliphatic rings. The van der Waals surface area contributed by atoms with E-state index in [1.54, 1.807) is 24.3 Å². The summed E-state index contributed by atoms with van der Waals surface area (Å²) in [6.45, 7) is 2.32. The van der Waals surface area contributed by atoms with E-state index in [9.17, 15) is 14.0 Å². The minimum absolute atomic E-state index is 0.0954. The molecule has 3 rings (SSSR count). The van der Waals surface area contributed by atoms with E-state index in [1.807, 2.05) is 6.92 Å². The van der Waals surface area contributed by atoms with Gasteiger partial charge in [0.1, 0.15) is 18.1 Å². The van der Waals surface area contributed by atoms with Crippen molar-refractivity contribution < 1.29 is 18.7 Å². The summed E-state index contributed by atoms with van der Waals surface area (Å²) in [6, 6.07) is 8.70. The lowest BCUT2D eigenvalue weighted by Gasteiger charge is -2.11. The Morgan fingerprint density at radius 1 is 1.18 bits per heavy atom. The fourth-order valence-electron chi connectivity index (χ4n) is 2.75. The third-order valence-electron chi connectivity index (χ3n) is 4.01. The summed E-state index contributed by atoms with van der Waals surface area (Å²) in [4.78, 5) is 25.3. The Balaban J connectivity index is 1.78.